The quantitative estimate of drug-likeness (QED) is 0.867. The average Bonchev–Trinajstić information content (AvgIpc) is 2.73. The van der Waals surface area contributed by atoms with Gasteiger partial charge in [-0.25, -0.2) is 0 Å². The molecular formula is C14H18N2O2. The summed E-state index contributed by atoms with van der Waals surface area (Å²) in [6.45, 7) is 1.79. The number of rotatable bonds is 4. The topological polar surface area (TPSA) is 58.3 Å². The molecule has 4 nitrogen and oxygen atoms in total. The molecule has 0 aliphatic carbocycles. The van der Waals surface area contributed by atoms with Gasteiger partial charge in [0.15, 0.2) is 0 Å². The van der Waals surface area contributed by atoms with E-state index in [1.54, 1.807) is 37.4 Å². The van der Waals surface area contributed by atoms with Crippen molar-refractivity contribution in [1.82, 2.24) is 9.78 Å². The van der Waals surface area contributed by atoms with Crippen LogP contribution in [-0.4, -0.2) is 20.0 Å². The Hall–Kier alpha value is -1.81. The van der Waals surface area contributed by atoms with Crippen LogP contribution in [-0.2, 0) is 19.1 Å². The average molecular weight is 246 g/mol. The van der Waals surface area contributed by atoms with Crippen LogP contribution >= 0.6 is 0 Å². The number of aromatic hydroxyl groups is 1. The highest BCUT2D eigenvalue weighted by molar-refractivity contribution is 5.29. The zero-order valence-corrected chi connectivity index (χ0v) is 10.7. The minimum Gasteiger partial charge on any atom is -0.508 e. The van der Waals surface area contributed by atoms with Crippen LogP contribution in [0.1, 0.15) is 24.6 Å². The number of phenolic OH excluding ortho intramolecular Hbond substituents is 1. The van der Waals surface area contributed by atoms with E-state index < -0.39 is 5.60 Å². The van der Waals surface area contributed by atoms with E-state index in [9.17, 15) is 10.2 Å². The molecule has 0 saturated carbocycles. The molecule has 0 spiro atoms. The molecule has 1 atom stereocenters. The predicted molar refractivity (Wildman–Crippen MR) is 69.2 cm³/mol. The lowest BCUT2D eigenvalue weighted by atomic mass is 9.90. The van der Waals surface area contributed by atoms with Gasteiger partial charge in [0.1, 0.15) is 5.75 Å². The molecule has 0 aliphatic heterocycles. The van der Waals surface area contributed by atoms with E-state index in [4.69, 9.17) is 0 Å². The summed E-state index contributed by atoms with van der Waals surface area (Å²) in [7, 11) is 1.89. The number of aromatic nitrogens is 2. The van der Waals surface area contributed by atoms with Crippen LogP contribution in [0.15, 0.2) is 36.5 Å². The maximum atomic E-state index is 10.5. The number of benzene rings is 1. The van der Waals surface area contributed by atoms with Crippen LogP contribution in [0.3, 0.4) is 0 Å². The first-order valence-corrected chi connectivity index (χ1v) is 5.98. The van der Waals surface area contributed by atoms with Crippen LogP contribution < -0.4 is 0 Å². The lowest BCUT2D eigenvalue weighted by Crippen LogP contribution is -2.22. The van der Waals surface area contributed by atoms with Gasteiger partial charge in [-0.3, -0.25) is 4.68 Å². The van der Waals surface area contributed by atoms with Crippen molar-refractivity contribution in [1.29, 1.82) is 0 Å². The molecule has 0 fully saturated rings. The van der Waals surface area contributed by atoms with Gasteiger partial charge in [0.05, 0.1) is 5.60 Å². The number of phenols is 1. The lowest BCUT2D eigenvalue weighted by Gasteiger charge is -2.23. The highest BCUT2D eigenvalue weighted by atomic mass is 16.3. The van der Waals surface area contributed by atoms with Gasteiger partial charge in [0, 0.05) is 18.9 Å². The summed E-state index contributed by atoms with van der Waals surface area (Å²) in [6, 6.07) is 8.63. The van der Waals surface area contributed by atoms with E-state index in [1.807, 2.05) is 17.8 Å². The molecule has 0 radical (unpaired) electrons. The van der Waals surface area contributed by atoms with E-state index in [2.05, 4.69) is 5.10 Å². The smallest absolute Gasteiger partial charge is 0.115 e. The highest BCUT2D eigenvalue weighted by Crippen LogP contribution is 2.27. The molecule has 0 amide bonds. The van der Waals surface area contributed by atoms with E-state index in [-0.39, 0.29) is 5.75 Å². The molecular weight excluding hydrogens is 228 g/mol. The Morgan fingerprint density at radius 3 is 2.44 bits per heavy atom. The fourth-order valence-electron chi connectivity index (χ4n) is 1.98. The summed E-state index contributed by atoms with van der Waals surface area (Å²) in [6.07, 6.45) is 3.12. The van der Waals surface area contributed by atoms with Gasteiger partial charge in [-0.1, -0.05) is 12.1 Å². The molecule has 2 rings (SSSR count). The molecule has 1 aromatic carbocycles. The second-order valence-electron chi connectivity index (χ2n) is 4.77. The van der Waals surface area contributed by atoms with Crippen LogP contribution in [0.2, 0.25) is 0 Å². The molecule has 2 N–H and O–H groups in total. The van der Waals surface area contributed by atoms with Gasteiger partial charge in [0.2, 0.25) is 0 Å². The van der Waals surface area contributed by atoms with Crippen LogP contribution in [0, 0.1) is 0 Å². The second kappa shape index (κ2) is 4.82. The van der Waals surface area contributed by atoms with Gasteiger partial charge in [-0.05, 0) is 43.5 Å². The Labute approximate surface area is 107 Å². The van der Waals surface area contributed by atoms with Crippen molar-refractivity contribution >= 4 is 0 Å². The Morgan fingerprint density at radius 2 is 1.89 bits per heavy atom. The summed E-state index contributed by atoms with van der Waals surface area (Å²) in [5, 5.41) is 23.8. The third-order valence-corrected chi connectivity index (χ3v) is 3.28. The van der Waals surface area contributed by atoms with Crippen molar-refractivity contribution in [2.24, 2.45) is 7.05 Å². The van der Waals surface area contributed by atoms with Crippen molar-refractivity contribution in [3.05, 3.63) is 47.8 Å². The Balaban J connectivity index is 2.07. The van der Waals surface area contributed by atoms with E-state index >= 15 is 0 Å². The molecule has 0 aliphatic rings. The third-order valence-electron chi connectivity index (χ3n) is 3.28. The summed E-state index contributed by atoms with van der Waals surface area (Å²) < 4.78 is 1.81. The van der Waals surface area contributed by atoms with Crippen LogP contribution in [0.4, 0.5) is 0 Å². The minimum absolute atomic E-state index is 0.209. The van der Waals surface area contributed by atoms with Gasteiger partial charge in [0.25, 0.3) is 0 Å². The van der Waals surface area contributed by atoms with Crippen molar-refractivity contribution in [3.8, 4) is 5.75 Å². The highest BCUT2D eigenvalue weighted by Gasteiger charge is 2.23. The minimum atomic E-state index is -0.905. The number of hydrogen-bond donors (Lipinski definition) is 2. The summed E-state index contributed by atoms with van der Waals surface area (Å²) in [5.41, 5.74) is 0.995. The molecule has 1 heterocycles. The predicted octanol–water partition coefficient (Wildman–Crippen LogP) is 1.97. The van der Waals surface area contributed by atoms with Gasteiger partial charge in [-0.15, -0.1) is 0 Å². The molecule has 96 valence electrons. The van der Waals surface area contributed by atoms with Crippen molar-refractivity contribution < 1.29 is 10.2 Å². The summed E-state index contributed by atoms with van der Waals surface area (Å²) in [5.74, 6) is 0.209. The fraction of sp³-hybridized carbons (Fsp3) is 0.357. The zero-order chi connectivity index (χ0) is 13.2. The second-order valence-corrected chi connectivity index (χ2v) is 4.77. The molecule has 2 aromatic rings. The Bertz CT molecular complexity index is 515. The molecule has 1 aromatic heterocycles. The van der Waals surface area contributed by atoms with E-state index in [0.717, 1.165) is 17.7 Å². The molecule has 1 unspecified atom stereocenters. The SMILES string of the molecule is Cn1nccc1CCC(C)(O)c1ccc(O)cc1. The number of aliphatic hydroxyl groups is 1. The monoisotopic (exact) mass is 246 g/mol. The number of hydrogen-bond acceptors (Lipinski definition) is 3. The first-order valence-electron chi connectivity index (χ1n) is 5.98. The van der Waals surface area contributed by atoms with Crippen LogP contribution in [0.25, 0.3) is 0 Å². The van der Waals surface area contributed by atoms with E-state index in [1.165, 1.54) is 0 Å². The summed E-state index contributed by atoms with van der Waals surface area (Å²) >= 11 is 0. The lowest BCUT2D eigenvalue weighted by molar-refractivity contribution is 0.0475. The third kappa shape index (κ3) is 2.71. The molecule has 4 heteroatoms. The standard InChI is InChI=1S/C14H18N2O2/c1-14(18,11-3-5-13(17)6-4-11)9-7-12-8-10-15-16(12)2/h3-6,8,10,17-18H,7,9H2,1-2H3. The molecule has 0 bridgehead atoms. The van der Waals surface area contributed by atoms with Crippen molar-refractivity contribution in [2.75, 3.05) is 0 Å². The van der Waals surface area contributed by atoms with Crippen molar-refractivity contribution in [3.63, 3.8) is 0 Å². The van der Waals surface area contributed by atoms with Gasteiger partial charge in [-0.2, -0.15) is 5.10 Å². The zero-order valence-electron chi connectivity index (χ0n) is 10.7. The largest absolute Gasteiger partial charge is 0.508 e. The Kier molecular flexibility index (Phi) is 3.39. The van der Waals surface area contributed by atoms with Crippen LogP contribution in [0.5, 0.6) is 5.75 Å². The molecule has 0 saturated heterocycles. The maximum Gasteiger partial charge on any atom is 0.115 e. The first-order chi connectivity index (χ1) is 8.49. The molecule has 18 heavy (non-hydrogen) atoms. The normalized spacial score (nSPS) is 14.4. The van der Waals surface area contributed by atoms with Gasteiger partial charge >= 0.3 is 0 Å². The Morgan fingerprint density at radius 1 is 1.22 bits per heavy atom. The van der Waals surface area contributed by atoms with E-state index in [0.29, 0.717) is 6.42 Å². The summed E-state index contributed by atoms with van der Waals surface area (Å²) in [4.78, 5) is 0. The first kappa shape index (κ1) is 12.6. The number of aryl methyl sites for hydroxylation is 2. The fourth-order valence-corrected chi connectivity index (χ4v) is 1.98. The van der Waals surface area contributed by atoms with Crippen molar-refractivity contribution in [2.45, 2.75) is 25.4 Å². The maximum absolute atomic E-state index is 10.5. The number of nitrogens with zero attached hydrogens (tertiary/aromatic N) is 2. The van der Waals surface area contributed by atoms with Gasteiger partial charge < -0.3 is 10.2 Å².